The summed E-state index contributed by atoms with van der Waals surface area (Å²) in [7, 11) is 0. The molecule has 17 heavy (non-hydrogen) atoms. The molecule has 0 saturated carbocycles. The molecular weight excluding hydrogens is 218 g/mol. The smallest absolute Gasteiger partial charge is 0.239 e. The molecule has 0 aliphatic carbocycles. The molecule has 6 heteroatoms. The third-order valence-electron chi connectivity index (χ3n) is 2.17. The van der Waals surface area contributed by atoms with Gasteiger partial charge in [-0.15, -0.1) is 0 Å². The second kappa shape index (κ2) is 5.11. The lowest BCUT2D eigenvalue weighted by Crippen LogP contribution is -2.18. The maximum atomic E-state index is 10.7. The zero-order valence-corrected chi connectivity index (χ0v) is 9.21. The SMILES string of the molecule is NC(=O)Cn1cc(NCc2cccnc2)cn1. The van der Waals surface area contributed by atoms with Gasteiger partial charge < -0.3 is 11.1 Å². The molecule has 2 heterocycles. The van der Waals surface area contributed by atoms with Crippen molar-refractivity contribution in [3.8, 4) is 0 Å². The molecule has 0 aliphatic heterocycles. The number of carbonyl (C=O) groups is 1. The predicted octanol–water partition coefficient (Wildman–Crippen LogP) is 0.375. The van der Waals surface area contributed by atoms with Gasteiger partial charge in [0, 0.05) is 25.1 Å². The van der Waals surface area contributed by atoms with E-state index in [4.69, 9.17) is 5.73 Å². The summed E-state index contributed by atoms with van der Waals surface area (Å²) in [5.74, 6) is -0.410. The monoisotopic (exact) mass is 231 g/mol. The molecule has 2 aromatic heterocycles. The number of nitrogens with zero attached hydrogens (tertiary/aromatic N) is 3. The number of aromatic nitrogens is 3. The van der Waals surface area contributed by atoms with Crippen molar-refractivity contribution in [1.29, 1.82) is 0 Å². The van der Waals surface area contributed by atoms with Crippen LogP contribution >= 0.6 is 0 Å². The molecular formula is C11H13N5O. The molecule has 2 rings (SSSR count). The molecule has 88 valence electrons. The van der Waals surface area contributed by atoms with Gasteiger partial charge >= 0.3 is 0 Å². The highest BCUT2D eigenvalue weighted by atomic mass is 16.1. The van der Waals surface area contributed by atoms with Gasteiger partial charge in [-0.1, -0.05) is 6.07 Å². The molecule has 3 N–H and O–H groups in total. The quantitative estimate of drug-likeness (QED) is 0.778. The fourth-order valence-corrected chi connectivity index (χ4v) is 1.41. The van der Waals surface area contributed by atoms with E-state index in [9.17, 15) is 4.79 Å². The maximum absolute atomic E-state index is 10.7. The molecule has 0 fully saturated rings. The van der Waals surface area contributed by atoms with Crippen LogP contribution < -0.4 is 11.1 Å². The number of pyridine rings is 1. The van der Waals surface area contributed by atoms with Crippen LogP contribution in [0.3, 0.4) is 0 Å². The number of rotatable bonds is 5. The van der Waals surface area contributed by atoms with Crippen molar-refractivity contribution in [2.75, 3.05) is 5.32 Å². The van der Waals surface area contributed by atoms with Crippen molar-refractivity contribution in [3.63, 3.8) is 0 Å². The summed E-state index contributed by atoms with van der Waals surface area (Å²) >= 11 is 0. The summed E-state index contributed by atoms with van der Waals surface area (Å²) in [5, 5.41) is 7.19. The fourth-order valence-electron chi connectivity index (χ4n) is 1.41. The third kappa shape index (κ3) is 3.30. The van der Waals surface area contributed by atoms with Crippen LogP contribution in [0.1, 0.15) is 5.56 Å². The number of amides is 1. The molecule has 0 bridgehead atoms. The van der Waals surface area contributed by atoms with Gasteiger partial charge in [-0.2, -0.15) is 5.10 Å². The first-order chi connectivity index (χ1) is 8.24. The van der Waals surface area contributed by atoms with Gasteiger partial charge in [-0.25, -0.2) is 0 Å². The summed E-state index contributed by atoms with van der Waals surface area (Å²) in [6.45, 7) is 0.755. The van der Waals surface area contributed by atoms with Gasteiger partial charge in [0.25, 0.3) is 0 Å². The molecule has 0 unspecified atom stereocenters. The van der Waals surface area contributed by atoms with Crippen LogP contribution in [0.15, 0.2) is 36.9 Å². The zero-order chi connectivity index (χ0) is 12.1. The average Bonchev–Trinajstić information content (AvgIpc) is 2.75. The highest BCUT2D eigenvalue weighted by molar-refractivity contribution is 5.73. The maximum Gasteiger partial charge on any atom is 0.239 e. The number of carbonyl (C=O) groups excluding carboxylic acids is 1. The number of hydrogen-bond donors (Lipinski definition) is 2. The third-order valence-corrected chi connectivity index (χ3v) is 2.17. The van der Waals surface area contributed by atoms with Crippen molar-refractivity contribution < 1.29 is 4.79 Å². The van der Waals surface area contributed by atoms with Crippen LogP contribution in [0.4, 0.5) is 5.69 Å². The van der Waals surface area contributed by atoms with Crippen molar-refractivity contribution >= 4 is 11.6 Å². The Labute approximate surface area is 98.5 Å². The van der Waals surface area contributed by atoms with Gasteiger partial charge in [-0.3, -0.25) is 14.5 Å². The lowest BCUT2D eigenvalue weighted by Gasteiger charge is -2.02. The Hall–Kier alpha value is -2.37. The predicted molar refractivity (Wildman–Crippen MR) is 63.0 cm³/mol. The summed E-state index contributed by atoms with van der Waals surface area (Å²) in [6.07, 6.45) is 6.91. The van der Waals surface area contributed by atoms with Crippen LogP contribution in [0.2, 0.25) is 0 Å². The normalized spacial score (nSPS) is 10.1. The van der Waals surface area contributed by atoms with E-state index in [1.54, 1.807) is 24.8 Å². The van der Waals surface area contributed by atoms with Gasteiger partial charge in [-0.05, 0) is 11.6 Å². The standard InChI is InChI=1S/C11H13N5O/c12-11(17)8-16-7-10(6-15-16)14-5-9-2-1-3-13-4-9/h1-4,6-7,14H,5,8H2,(H2,12,17). The van der Waals surface area contributed by atoms with Crippen molar-refractivity contribution in [2.45, 2.75) is 13.1 Å². The largest absolute Gasteiger partial charge is 0.378 e. The summed E-state index contributed by atoms with van der Waals surface area (Å²) in [4.78, 5) is 14.7. The first-order valence-electron chi connectivity index (χ1n) is 5.17. The highest BCUT2D eigenvalue weighted by Gasteiger charge is 2.00. The average molecular weight is 231 g/mol. The molecule has 0 saturated heterocycles. The van der Waals surface area contributed by atoms with E-state index in [1.807, 2.05) is 12.1 Å². The Balaban J connectivity index is 1.91. The molecule has 1 amide bonds. The Morgan fingerprint density at radius 3 is 3.06 bits per heavy atom. The topological polar surface area (TPSA) is 85.8 Å². The van der Waals surface area contributed by atoms with Crippen LogP contribution in [0.5, 0.6) is 0 Å². The van der Waals surface area contributed by atoms with E-state index in [0.29, 0.717) is 6.54 Å². The van der Waals surface area contributed by atoms with Crippen LogP contribution in [-0.2, 0) is 17.9 Å². The molecule has 0 spiro atoms. The van der Waals surface area contributed by atoms with E-state index in [-0.39, 0.29) is 6.54 Å². The lowest BCUT2D eigenvalue weighted by atomic mass is 10.3. The second-order valence-corrected chi connectivity index (χ2v) is 3.61. The minimum atomic E-state index is -0.410. The summed E-state index contributed by atoms with van der Waals surface area (Å²) in [6, 6.07) is 3.86. The minimum absolute atomic E-state index is 0.0918. The van der Waals surface area contributed by atoms with Crippen molar-refractivity contribution in [1.82, 2.24) is 14.8 Å². The Morgan fingerprint density at radius 1 is 1.47 bits per heavy atom. The molecule has 0 atom stereocenters. The van der Waals surface area contributed by atoms with Crippen LogP contribution in [0.25, 0.3) is 0 Å². The first-order valence-corrected chi connectivity index (χ1v) is 5.17. The van der Waals surface area contributed by atoms with E-state index < -0.39 is 5.91 Å². The number of nitrogens with two attached hydrogens (primary N) is 1. The molecule has 0 radical (unpaired) electrons. The molecule has 6 nitrogen and oxygen atoms in total. The number of anilines is 1. The number of primary amides is 1. The van der Waals surface area contributed by atoms with Crippen molar-refractivity contribution in [3.05, 3.63) is 42.5 Å². The first kappa shape index (κ1) is 11.1. The Morgan fingerprint density at radius 2 is 2.35 bits per heavy atom. The summed E-state index contributed by atoms with van der Waals surface area (Å²) in [5.41, 5.74) is 6.99. The minimum Gasteiger partial charge on any atom is -0.378 e. The lowest BCUT2D eigenvalue weighted by molar-refractivity contribution is -0.118. The van der Waals surface area contributed by atoms with Gasteiger partial charge in [0.05, 0.1) is 11.9 Å². The Bertz CT molecular complexity index is 494. The fraction of sp³-hybridized carbons (Fsp3) is 0.182. The summed E-state index contributed by atoms with van der Waals surface area (Å²) < 4.78 is 1.49. The van der Waals surface area contributed by atoms with E-state index in [1.165, 1.54) is 4.68 Å². The molecule has 0 aliphatic rings. The van der Waals surface area contributed by atoms with Crippen LogP contribution in [0, 0.1) is 0 Å². The van der Waals surface area contributed by atoms with Crippen molar-refractivity contribution in [2.24, 2.45) is 5.73 Å². The number of nitrogens with one attached hydrogen (secondary N) is 1. The van der Waals surface area contributed by atoms with E-state index >= 15 is 0 Å². The van der Waals surface area contributed by atoms with Gasteiger partial charge in [0.2, 0.25) is 5.91 Å². The number of hydrogen-bond acceptors (Lipinski definition) is 4. The Kier molecular flexibility index (Phi) is 3.34. The van der Waals surface area contributed by atoms with Gasteiger partial charge in [0.15, 0.2) is 0 Å². The van der Waals surface area contributed by atoms with E-state index in [2.05, 4.69) is 15.4 Å². The second-order valence-electron chi connectivity index (χ2n) is 3.61. The van der Waals surface area contributed by atoms with E-state index in [0.717, 1.165) is 11.3 Å². The molecule has 0 aromatic carbocycles. The van der Waals surface area contributed by atoms with Crippen LogP contribution in [-0.4, -0.2) is 20.7 Å². The highest BCUT2D eigenvalue weighted by Crippen LogP contribution is 2.07. The molecule has 2 aromatic rings. The zero-order valence-electron chi connectivity index (χ0n) is 9.21. The van der Waals surface area contributed by atoms with Gasteiger partial charge in [0.1, 0.15) is 6.54 Å².